The van der Waals surface area contributed by atoms with Crippen molar-refractivity contribution in [2.24, 2.45) is 5.92 Å². The first-order valence-corrected chi connectivity index (χ1v) is 11.8. The summed E-state index contributed by atoms with van der Waals surface area (Å²) in [4.78, 5) is 29.6. The van der Waals surface area contributed by atoms with Crippen LogP contribution in [0.5, 0.6) is 0 Å². The van der Waals surface area contributed by atoms with E-state index in [1.807, 2.05) is 0 Å². The Morgan fingerprint density at radius 1 is 1.10 bits per heavy atom. The van der Waals surface area contributed by atoms with E-state index < -0.39 is 21.8 Å². The van der Waals surface area contributed by atoms with Crippen LogP contribution in [0.25, 0.3) is 0 Å². The van der Waals surface area contributed by atoms with Crippen LogP contribution < -0.4 is 5.32 Å². The van der Waals surface area contributed by atoms with Crippen LogP contribution >= 0.6 is 0 Å². The molecule has 0 unspecified atom stereocenters. The molecule has 1 aromatic heterocycles. The van der Waals surface area contributed by atoms with E-state index in [-0.39, 0.29) is 28.9 Å². The summed E-state index contributed by atoms with van der Waals surface area (Å²) in [5.74, 6) is -1.55. The minimum Gasteiger partial charge on any atom is -0.356 e. The van der Waals surface area contributed by atoms with Gasteiger partial charge in [0.2, 0.25) is 15.9 Å². The minimum absolute atomic E-state index is 0.0150. The molecule has 2 N–H and O–H groups in total. The molecule has 31 heavy (non-hydrogen) atoms. The molecule has 0 saturated carbocycles. The summed E-state index contributed by atoms with van der Waals surface area (Å²) in [7, 11) is -3.85. The number of nitrogens with zero attached hydrogens (tertiary/aromatic N) is 2. The zero-order valence-corrected chi connectivity index (χ0v) is 17.8. The van der Waals surface area contributed by atoms with E-state index in [0.717, 1.165) is 12.8 Å². The molecule has 4 rings (SSSR count). The lowest BCUT2D eigenvalue weighted by atomic mass is 9.99. The monoisotopic (exact) mass is 448 g/mol. The van der Waals surface area contributed by atoms with Crippen LogP contribution in [0, 0.1) is 11.7 Å². The van der Waals surface area contributed by atoms with Crippen LogP contribution in [0.1, 0.15) is 36.2 Å². The van der Waals surface area contributed by atoms with Crippen LogP contribution in [0.15, 0.2) is 41.4 Å². The molecule has 0 radical (unpaired) electrons. The van der Waals surface area contributed by atoms with Crippen molar-refractivity contribution in [3.05, 3.63) is 48.0 Å². The van der Waals surface area contributed by atoms with Gasteiger partial charge in [-0.3, -0.25) is 9.59 Å². The zero-order chi connectivity index (χ0) is 22.0. The predicted molar refractivity (Wildman–Crippen MR) is 112 cm³/mol. The summed E-state index contributed by atoms with van der Waals surface area (Å²) in [6.45, 7) is 1.68. The molecule has 1 aromatic carbocycles. The van der Waals surface area contributed by atoms with E-state index in [1.165, 1.54) is 34.8 Å². The van der Waals surface area contributed by atoms with Gasteiger partial charge < -0.3 is 15.2 Å². The highest BCUT2D eigenvalue weighted by atomic mass is 32.2. The van der Waals surface area contributed by atoms with Gasteiger partial charge in [-0.25, -0.2) is 12.8 Å². The summed E-state index contributed by atoms with van der Waals surface area (Å²) in [5, 5.41) is 2.66. The second kappa shape index (κ2) is 8.80. The van der Waals surface area contributed by atoms with Crippen molar-refractivity contribution in [3.8, 4) is 0 Å². The number of piperidine rings is 1. The fraction of sp³-hybridized carbons (Fsp3) is 0.429. The molecule has 3 heterocycles. The number of carbonyl (C=O) groups excluding carboxylic acids is 2. The third-order valence-electron chi connectivity index (χ3n) is 5.77. The van der Waals surface area contributed by atoms with Crippen LogP contribution in [0.3, 0.4) is 0 Å². The van der Waals surface area contributed by atoms with Crippen LogP contribution in [-0.2, 0) is 14.8 Å². The zero-order valence-electron chi connectivity index (χ0n) is 17.0. The van der Waals surface area contributed by atoms with Crippen molar-refractivity contribution in [3.63, 3.8) is 0 Å². The van der Waals surface area contributed by atoms with Crippen molar-refractivity contribution >= 4 is 27.5 Å². The SMILES string of the molecule is O=C(Nc1cccc(F)c1)[C@H]1CCCN(S(=O)(=O)c2c[nH]c(C(=O)N3CCCC3)c2)C1. The highest BCUT2D eigenvalue weighted by Gasteiger charge is 2.34. The van der Waals surface area contributed by atoms with Crippen molar-refractivity contribution in [1.82, 2.24) is 14.2 Å². The number of anilines is 1. The van der Waals surface area contributed by atoms with Crippen LogP contribution in [0.2, 0.25) is 0 Å². The Hall–Kier alpha value is -2.72. The van der Waals surface area contributed by atoms with Gasteiger partial charge in [0, 0.05) is 38.1 Å². The molecule has 8 nitrogen and oxygen atoms in total. The Morgan fingerprint density at radius 2 is 1.87 bits per heavy atom. The van der Waals surface area contributed by atoms with Gasteiger partial charge >= 0.3 is 0 Å². The van der Waals surface area contributed by atoms with Gasteiger partial charge in [-0.05, 0) is 49.9 Å². The van der Waals surface area contributed by atoms with Gasteiger partial charge in [0.05, 0.1) is 5.92 Å². The van der Waals surface area contributed by atoms with Gasteiger partial charge in [-0.15, -0.1) is 0 Å². The third kappa shape index (κ3) is 4.64. The number of sulfonamides is 1. The highest BCUT2D eigenvalue weighted by molar-refractivity contribution is 7.89. The molecule has 166 valence electrons. The van der Waals surface area contributed by atoms with E-state index in [2.05, 4.69) is 10.3 Å². The number of aromatic amines is 1. The van der Waals surface area contributed by atoms with E-state index in [0.29, 0.717) is 38.2 Å². The molecule has 0 bridgehead atoms. The number of benzene rings is 1. The van der Waals surface area contributed by atoms with E-state index in [9.17, 15) is 22.4 Å². The molecule has 10 heteroatoms. The number of carbonyl (C=O) groups is 2. The number of nitrogens with one attached hydrogen (secondary N) is 2. The quantitative estimate of drug-likeness (QED) is 0.733. The Morgan fingerprint density at radius 3 is 2.61 bits per heavy atom. The second-order valence-electron chi connectivity index (χ2n) is 7.95. The van der Waals surface area contributed by atoms with E-state index in [1.54, 1.807) is 11.0 Å². The molecule has 2 aliphatic heterocycles. The molecule has 2 fully saturated rings. The molecule has 2 aliphatic rings. The lowest BCUT2D eigenvalue weighted by Crippen LogP contribution is -2.43. The maximum atomic E-state index is 13.4. The van der Waals surface area contributed by atoms with Crippen molar-refractivity contribution in [1.29, 1.82) is 0 Å². The smallest absolute Gasteiger partial charge is 0.270 e. The standard InChI is InChI=1S/C21H25FN4O4S/c22-16-6-3-7-17(11-16)24-20(27)15-5-4-10-26(14-15)31(29,30)18-12-19(23-13-18)21(28)25-8-1-2-9-25/h3,6-7,11-13,15,23H,1-2,4-5,8-10,14H2,(H,24,27)/t15-/m0/s1. The fourth-order valence-electron chi connectivity index (χ4n) is 4.07. The van der Waals surface area contributed by atoms with Crippen LogP contribution in [-0.4, -0.2) is 60.6 Å². The van der Waals surface area contributed by atoms with E-state index >= 15 is 0 Å². The first-order valence-electron chi connectivity index (χ1n) is 10.4. The Balaban J connectivity index is 1.44. The third-order valence-corrected chi connectivity index (χ3v) is 7.61. The van der Waals surface area contributed by atoms with E-state index in [4.69, 9.17) is 0 Å². The number of hydrogen-bond donors (Lipinski definition) is 2. The molecule has 2 saturated heterocycles. The number of aromatic nitrogens is 1. The summed E-state index contributed by atoms with van der Waals surface area (Å²) in [5.41, 5.74) is 0.582. The summed E-state index contributed by atoms with van der Waals surface area (Å²) < 4.78 is 40.9. The first-order chi connectivity index (χ1) is 14.8. The first kappa shape index (κ1) is 21.5. The summed E-state index contributed by atoms with van der Waals surface area (Å²) in [6.07, 6.45) is 4.30. The maximum Gasteiger partial charge on any atom is 0.270 e. The lowest BCUT2D eigenvalue weighted by molar-refractivity contribution is -0.120. The average Bonchev–Trinajstić information content (AvgIpc) is 3.46. The Bertz CT molecular complexity index is 1080. The summed E-state index contributed by atoms with van der Waals surface area (Å²) >= 11 is 0. The molecule has 1 atom stereocenters. The van der Waals surface area contributed by atoms with Gasteiger partial charge in [0.15, 0.2) is 0 Å². The summed E-state index contributed by atoms with van der Waals surface area (Å²) in [6, 6.07) is 6.94. The van der Waals surface area contributed by atoms with Crippen molar-refractivity contribution in [2.75, 3.05) is 31.5 Å². The molecular formula is C21H25FN4O4S. The number of H-pyrrole nitrogens is 1. The lowest BCUT2D eigenvalue weighted by Gasteiger charge is -2.30. The highest BCUT2D eigenvalue weighted by Crippen LogP contribution is 2.26. The average molecular weight is 449 g/mol. The van der Waals surface area contributed by atoms with Gasteiger partial charge in [0.1, 0.15) is 16.4 Å². The number of rotatable bonds is 5. The van der Waals surface area contributed by atoms with Gasteiger partial charge in [-0.1, -0.05) is 6.07 Å². The molecule has 2 aromatic rings. The second-order valence-corrected chi connectivity index (χ2v) is 9.89. The van der Waals surface area contributed by atoms with Gasteiger partial charge in [-0.2, -0.15) is 4.31 Å². The Labute approximate surface area is 180 Å². The molecular weight excluding hydrogens is 423 g/mol. The van der Waals surface area contributed by atoms with Crippen LogP contribution in [0.4, 0.5) is 10.1 Å². The molecule has 2 amide bonds. The maximum absolute atomic E-state index is 13.4. The Kier molecular flexibility index (Phi) is 6.10. The predicted octanol–water partition coefficient (Wildman–Crippen LogP) is 2.43. The number of hydrogen-bond acceptors (Lipinski definition) is 4. The topological polar surface area (TPSA) is 103 Å². The fourth-order valence-corrected chi connectivity index (χ4v) is 5.59. The number of amides is 2. The van der Waals surface area contributed by atoms with Gasteiger partial charge in [0.25, 0.3) is 5.91 Å². The normalized spacial score (nSPS) is 20.0. The molecule has 0 aliphatic carbocycles. The number of likely N-dealkylation sites (tertiary alicyclic amines) is 1. The molecule has 0 spiro atoms. The minimum atomic E-state index is -3.85. The van der Waals surface area contributed by atoms with Crippen molar-refractivity contribution in [2.45, 2.75) is 30.6 Å². The largest absolute Gasteiger partial charge is 0.356 e. The van der Waals surface area contributed by atoms with Crippen molar-refractivity contribution < 1.29 is 22.4 Å². The number of halogens is 1.